The van der Waals surface area contributed by atoms with Gasteiger partial charge in [0.1, 0.15) is 24.2 Å². The molecule has 0 saturated heterocycles. The molecule has 0 aliphatic rings. The van der Waals surface area contributed by atoms with Crippen LogP contribution in [0.15, 0.2) is 60.7 Å². The van der Waals surface area contributed by atoms with Gasteiger partial charge in [-0.1, -0.05) is 88.4 Å². The second kappa shape index (κ2) is 17.8. The molecule has 2 rings (SSSR count). The Morgan fingerprint density at radius 1 is 0.659 bits per heavy atom. The molecule has 0 heterocycles. The molecule has 0 spiro atoms. The van der Waals surface area contributed by atoms with E-state index in [1.54, 1.807) is 13.8 Å². The Kier molecular flexibility index (Phi) is 14.5. The number of benzene rings is 2. The van der Waals surface area contributed by atoms with Crippen LogP contribution >= 0.6 is 0 Å². The third-order valence-electron chi connectivity index (χ3n) is 7.05. The highest BCUT2D eigenvalue weighted by molar-refractivity contribution is 5.95. The number of carbonyl (C=O) groups excluding carboxylic acids is 5. The lowest BCUT2D eigenvalue weighted by atomic mass is 9.99. The molecular weight excluding hydrogens is 562 g/mol. The van der Waals surface area contributed by atoms with Crippen molar-refractivity contribution in [2.75, 3.05) is 7.11 Å². The lowest BCUT2D eigenvalue weighted by Crippen LogP contribution is -2.60. The van der Waals surface area contributed by atoms with Crippen LogP contribution in [0.4, 0.5) is 0 Å². The van der Waals surface area contributed by atoms with Gasteiger partial charge in [0.25, 0.3) is 0 Å². The monoisotopic (exact) mass is 609 g/mol. The zero-order chi connectivity index (χ0) is 32.8. The summed E-state index contributed by atoms with van der Waals surface area (Å²) in [4.78, 5) is 65.4. The number of nitrogens with two attached hydrogens (primary N) is 1. The Labute approximate surface area is 260 Å². The first-order valence-electron chi connectivity index (χ1n) is 14.9. The van der Waals surface area contributed by atoms with Crippen LogP contribution < -0.4 is 27.0 Å². The van der Waals surface area contributed by atoms with E-state index in [2.05, 4.69) is 21.3 Å². The van der Waals surface area contributed by atoms with Gasteiger partial charge in [0, 0.05) is 12.8 Å². The van der Waals surface area contributed by atoms with Gasteiger partial charge in [0.05, 0.1) is 13.2 Å². The Morgan fingerprint density at radius 3 is 1.55 bits per heavy atom. The number of rotatable bonds is 16. The molecule has 0 fully saturated rings. The van der Waals surface area contributed by atoms with Crippen LogP contribution in [0.5, 0.6) is 0 Å². The zero-order valence-electron chi connectivity index (χ0n) is 26.5. The van der Waals surface area contributed by atoms with Crippen molar-refractivity contribution in [2.45, 2.75) is 84.1 Å². The Bertz CT molecular complexity index is 1240. The van der Waals surface area contributed by atoms with Crippen molar-refractivity contribution >= 4 is 29.6 Å². The van der Waals surface area contributed by atoms with Gasteiger partial charge in [-0.25, -0.2) is 4.79 Å². The van der Waals surface area contributed by atoms with Crippen LogP contribution in [0.3, 0.4) is 0 Å². The molecule has 0 radical (unpaired) electrons. The number of nitrogens with one attached hydrogen (secondary N) is 4. The summed E-state index contributed by atoms with van der Waals surface area (Å²) in [6, 6.07) is 13.4. The summed E-state index contributed by atoms with van der Waals surface area (Å²) in [5, 5.41) is 10.9. The molecule has 6 N–H and O–H groups in total. The summed E-state index contributed by atoms with van der Waals surface area (Å²) < 4.78 is 4.72. The minimum atomic E-state index is -1.09. The second-order valence-electron chi connectivity index (χ2n) is 11.7. The number of carbonyl (C=O) groups is 5. The largest absolute Gasteiger partial charge is 0.467 e. The van der Waals surface area contributed by atoms with Gasteiger partial charge in [-0.3, -0.25) is 19.2 Å². The first-order chi connectivity index (χ1) is 20.8. The average Bonchev–Trinajstić information content (AvgIpc) is 2.98. The minimum absolute atomic E-state index is 0.127. The quantitative estimate of drug-likeness (QED) is 0.180. The predicted molar refractivity (Wildman–Crippen MR) is 168 cm³/mol. The Balaban J connectivity index is 2.32. The van der Waals surface area contributed by atoms with Crippen molar-refractivity contribution in [3.63, 3.8) is 0 Å². The summed E-state index contributed by atoms with van der Waals surface area (Å²) in [5.74, 6) is -2.93. The van der Waals surface area contributed by atoms with Gasteiger partial charge < -0.3 is 31.7 Å². The van der Waals surface area contributed by atoms with Crippen LogP contribution in [0.2, 0.25) is 0 Å². The van der Waals surface area contributed by atoms with E-state index in [9.17, 15) is 24.0 Å². The van der Waals surface area contributed by atoms with E-state index in [4.69, 9.17) is 10.5 Å². The second-order valence-corrected chi connectivity index (χ2v) is 11.7. The summed E-state index contributed by atoms with van der Waals surface area (Å²) >= 11 is 0. The van der Waals surface area contributed by atoms with Gasteiger partial charge in [-0.05, 0) is 36.3 Å². The molecule has 2 aromatic rings. The molecule has 4 amide bonds. The van der Waals surface area contributed by atoms with Crippen molar-refractivity contribution in [1.82, 2.24) is 21.3 Å². The van der Waals surface area contributed by atoms with E-state index < -0.39 is 59.8 Å². The van der Waals surface area contributed by atoms with E-state index in [0.717, 1.165) is 11.1 Å². The van der Waals surface area contributed by atoms with Gasteiger partial charge >= 0.3 is 5.97 Å². The molecule has 11 heteroatoms. The van der Waals surface area contributed by atoms with Crippen LogP contribution in [0, 0.1) is 11.8 Å². The first kappa shape index (κ1) is 35.9. The van der Waals surface area contributed by atoms with Gasteiger partial charge in [0.15, 0.2) is 0 Å². The SMILES string of the molecule is COC(=O)C(C)NC(=O)C(Cc1ccccc1)NC(=O)C(Cc1ccccc1)NC(=O)C(NC(=O)[C@@H](N)CC(C)C)C(C)C. The highest BCUT2D eigenvalue weighted by Gasteiger charge is 2.32. The maximum Gasteiger partial charge on any atom is 0.328 e. The first-order valence-corrected chi connectivity index (χ1v) is 14.9. The topological polar surface area (TPSA) is 169 Å². The van der Waals surface area contributed by atoms with Crippen LogP contribution in [0.25, 0.3) is 0 Å². The number of methoxy groups -OCH3 is 1. The minimum Gasteiger partial charge on any atom is -0.467 e. The Hall–Kier alpha value is -4.25. The number of esters is 1. The fraction of sp³-hybridized carbons (Fsp3) is 0.485. The molecule has 11 nitrogen and oxygen atoms in total. The summed E-state index contributed by atoms with van der Waals surface area (Å²) in [6.45, 7) is 8.96. The van der Waals surface area contributed by atoms with E-state index in [0.29, 0.717) is 6.42 Å². The molecule has 0 bridgehead atoms. The number of hydrogen-bond acceptors (Lipinski definition) is 7. The number of hydrogen-bond donors (Lipinski definition) is 5. The molecule has 0 aliphatic carbocycles. The highest BCUT2D eigenvalue weighted by Crippen LogP contribution is 2.10. The van der Waals surface area contributed by atoms with E-state index in [-0.39, 0.29) is 24.7 Å². The van der Waals surface area contributed by atoms with Crippen LogP contribution in [-0.2, 0) is 41.6 Å². The van der Waals surface area contributed by atoms with Crippen LogP contribution in [-0.4, -0.2) is 66.9 Å². The number of amides is 4. The van der Waals surface area contributed by atoms with Crippen LogP contribution in [0.1, 0.15) is 52.2 Å². The smallest absolute Gasteiger partial charge is 0.328 e. The molecule has 0 saturated carbocycles. The van der Waals surface area contributed by atoms with Crippen molar-refractivity contribution in [3.8, 4) is 0 Å². The van der Waals surface area contributed by atoms with Crippen molar-refractivity contribution in [1.29, 1.82) is 0 Å². The fourth-order valence-corrected chi connectivity index (χ4v) is 4.61. The third-order valence-corrected chi connectivity index (χ3v) is 7.05. The maximum absolute atomic E-state index is 13.8. The van der Waals surface area contributed by atoms with E-state index in [1.807, 2.05) is 74.5 Å². The molecule has 4 unspecified atom stereocenters. The fourth-order valence-electron chi connectivity index (χ4n) is 4.61. The van der Waals surface area contributed by atoms with Gasteiger partial charge in [0.2, 0.25) is 23.6 Å². The number of ether oxygens (including phenoxy) is 1. The molecule has 0 aromatic heterocycles. The molecule has 44 heavy (non-hydrogen) atoms. The third kappa shape index (κ3) is 11.8. The van der Waals surface area contributed by atoms with E-state index >= 15 is 0 Å². The maximum atomic E-state index is 13.8. The zero-order valence-corrected chi connectivity index (χ0v) is 26.5. The lowest BCUT2D eigenvalue weighted by Gasteiger charge is -2.28. The lowest BCUT2D eigenvalue weighted by molar-refractivity contribution is -0.144. The summed E-state index contributed by atoms with van der Waals surface area (Å²) in [7, 11) is 1.22. The normalized spacial score (nSPS) is 14.5. The van der Waals surface area contributed by atoms with E-state index in [1.165, 1.54) is 14.0 Å². The summed E-state index contributed by atoms with van der Waals surface area (Å²) in [5.41, 5.74) is 7.61. The molecule has 240 valence electrons. The molecular formula is C33H47N5O6. The molecule has 2 aromatic carbocycles. The molecule has 5 atom stereocenters. The van der Waals surface area contributed by atoms with Gasteiger partial charge in [-0.15, -0.1) is 0 Å². The van der Waals surface area contributed by atoms with Crippen molar-refractivity contribution in [2.24, 2.45) is 17.6 Å². The predicted octanol–water partition coefficient (Wildman–Crippen LogP) is 1.63. The summed E-state index contributed by atoms with van der Waals surface area (Å²) in [6.07, 6.45) is 0.718. The molecule has 0 aliphatic heterocycles. The Morgan fingerprint density at radius 2 is 1.11 bits per heavy atom. The van der Waals surface area contributed by atoms with Crippen molar-refractivity contribution < 1.29 is 28.7 Å². The standard InChI is InChI=1S/C33H47N5O6/c1-20(2)17-25(34)29(39)38-28(21(3)4)32(42)37-27(19-24-15-11-8-12-16-24)31(41)36-26(18-23-13-9-7-10-14-23)30(40)35-22(5)33(43)44-6/h7-16,20-22,25-28H,17-19,34H2,1-6H3,(H,35,40)(H,36,41)(H,37,42)(H,38,39)/t22?,25-,26?,27?,28?/m0/s1. The van der Waals surface area contributed by atoms with Crippen molar-refractivity contribution in [3.05, 3.63) is 71.8 Å². The average molecular weight is 610 g/mol. The highest BCUT2D eigenvalue weighted by atomic mass is 16.5. The van der Waals surface area contributed by atoms with Gasteiger partial charge in [-0.2, -0.15) is 0 Å².